The number of hydrogen-bond acceptors (Lipinski definition) is 3. The SMILES string of the molecule is COc1cccc(NC(=O)N2CCC[C@H](C(=O)N[C@H]3CCCC[C@@H]3C)C2)c1. The Morgan fingerprint density at radius 2 is 1.96 bits per heavy atom. The van der Waals surface area contributed by atoms with Crippen LogP contribution in [0.15, 0.2) is 24.3 Å². The largest absolute Gasteiger partial charge is 0.497 e. The second-order valence-electron chi connectivity index (χ2n) is 7.82. The lowest BCUT2D eigenvalue weighted by molar-refractivity contribution is -0.127. The van der Waals surface area contributed by atoms with Crippen LogP contribution < -0.4 is 15.4 Å². The Hall–Kier alpha value is -2.24. The number of methoxy groups -OCH3 is 1. The van der Waals surface area contributed by atoms with Crippen molar-refractivity contribution in [3.63, 3.8) is 0 Å². The van der Waals surface area contributed by atoms with E-state index in [1.165, 1.54) is 19.3 Å². The van der Waals surface area contributed by atoms with Crippen LogP contribution in [0.1, 0.15) is 45.4 Å². The van der Waals surface area contributed by atoms with Gasteiger partial charge in [0.15, 0.2) is 0 Å². The van der Waals surface area contributed by atoms with Crippen LogP contribution in [0.2, 0.25) is 0 Å². The zero-order valence-corrected chi connectivity index (χ0v) is 16.4. The Labute approximate surface area is 161 Å². The molecule has 1 aliphatic carbocycles. The molecule has 1 aromatic rings. The second-order valence-corrected chi connectivity index (χ2v) is 7.82. The maximum absolute atomic E-state index is 12.7. The van der Waals surface area contributed by atoms with Crippen molar-refractivity contribution < 1.29 is 14.3 Å². The number of rotatable bonds is 4. The Balaban J connectivity index is 1.54. The van der Waals surface area contributed by atoms with Crippen LogP contribution in [0.5, 0.6) is 5.75 Å². The van der Waals surface area contributed by atoms with E-state index < -0.39 is 0 Å². The molecular weight excluding hydrogens is 342 g/mol. The number of urea groups is 1. The summed E-state index contributed by atoms with van der Waals surface area (Å²) in [6.07, 6.45) is 6.40. The molecule has 0 bridgehead atoms. The molecular formula is C21H31N3O3. The van der Waals surface area contributed by atoms with E-state index in [2.05, 4.69) is 17.6 Å². The number of amides is 3. The first-order chi connectivity index (χ1) is 13.1. The summed E-state index contributed by atoms with van der Waals surface area (Å²) in [5, 5.41) is 6.16. The van der Waals surface area contributed by atoms with Crippen LogP contribution in [0.3, 0.4) is 0 Å². The molecule has 1 saturated heterocycles. The third-order valence-electron chi connectivity index (χ3n) is 5.84. The van der Waals surface area contributed by atoms with Gasteiger partial charge in [0.1, 0.15) is 5.75 Å². The molecule has 148 valence electrons. The van der Waals surface area contributed by atoms with Crippen LogP contribution in [0, 0.1) is 11.8 Å². The van der Waals surface area contributed by atoms with Crippen LogP contribution in [-0.4, -0.2) is 43.1 Å². The Bertz CT molecular complexity index is 664. The van der Waals surface area contributed by atoms with Crippen molar-refractivity contribution >= 4 is 17.6 Å². The van der Waals surface area contributed by atoms with Gasteiger partial charge in [0, 0.05) is 30.9 Å². The summed E-state index contributed by atoms with van der Waals surface area (Å²) >= 11 is 0. The highest BCUT2D eigenvalue weighted by molar-refractivity contribution is 5.90. The lowest BCUT2D eigenvalue weighted by Gasteiger charge is -2.35. The van der Waals surface area contributed by atoms with Crippen molar-refractivity contribution in [1.82, 2.24) is 10.2 Å². The third-order valence-corrected chi connectivity index (χ3v) is 5.84. The minimum absolute atomic E-state index is 0.104. The average Bonchev–Trinajstić information content (AvgIpc) is 2.70. The summed E-state index contributed by atoms with van der Waals surface area (Å²) in [5.41, 5.74) is 0.696. The van der Waals surface area contributed by atoms with Crippen molar-refractivity contribution in [2.75, 3.05) is 25.5 Å². The number of nitrogens with zero attached hydrogens (tertiary/aromatic N) is 1. The molecule has 3 amide bonds. The first-order valence-electron chi connectivity index (χ1n) is 10.1. The highest BCUT2D eigenvalue weighted by Gasteiger charge is 2.31. The van der Waals surface area contributed by atoms with E-state index in [-0.39, 0.29) is 23.9 Å². The Morgan fingerprint density at radius 3 is 2.74 bits per heavy atom. The number of ether oxygens (including phenoxy) is 1. The van der Waals surface area contributed by atoms with E-state index >= 15 is 0 Å². The molecule has 1 aromatic carbocycles. The van der Waals surface area contributed by atoms with Crippen LogP contribution in [0.25, 0.3) is 0 Å². The summed E-state index contributed by atoms with van der Waals surface area (Å²) in [4.78, 5) is 27.1. The van der Waals surface area contributed by atoms with Crippen molar-refractivity contribution in [3.05, 3.63) is 24.3 Å². The van der Waals surface area contributed by atoms with Gasteiger partial charge in [0.25, 0.3) is 0 Å². The zero-order valence-electron chi connectivity index (χ0n) is 16.4. The topological polar surface area (TPSA) is 70.7 Å². The Kier molecular flexibility index (Phi) is 6.58. The number of carbonyl (C=O) groups excluding carboxylic acids is 2. The molecule has 1 saturated carbocycles. The lowest BCUT2D eigenvalue weighted by atomic mass is 9.85. The summed E-state index contributed by atoms with van der Waals surface area (Å²) in [6.45, 7) is 3.38. The molecule has 0 radical (unpaired) electrons. The standard InChI is InChI=1S/C21H31N3O3/c1-15-7-3-4-11-19(15)23-20(25)16-8-6-12-24(14-16)21(26)22-17-9-5-10-18(13-17)27-2/h5,9-10,13,15-16,19H,3-4,6-8,11-12,14H2,1-2H3,(H,22,26)(H,23,25)/t15-,16-,19-/m0/s1. The van der Waals surface area contributed by atoms with Crippen LogP contribution in [-0.2, 0) is 4.79 Å². The van der Waals surface area contributed by atoms with E-state index in [9.17, 15) is 9.59 Å². The van der Waals surface area contributed by atoms with Crippen molar-refractivity contribution in [1.29, 1.82) is 0 Å². The van der Waals surface area contributed by atoms with E-state index in [0.717, 1.165) is 19.3 Å². The highest BCUT2D eigenvalue weighted by atomic mass is 16.5. The van der Waals surface area contributed by atoms with Crippen LogP contribution >= 0.6 is 0 Å². The number of anilines is 1. The molecule has 1 heterocycles. The van der Waals surface area contributed by atoms with Crippen molar-refractivity contribution in [2.24, 2.45) is 11.8 Å². The number of piperidine rings is 1. The molecule has 6 nitrogen and oxygen atoms in total. The van der Waals surface area contributed by atoms with Gasteiger partial charge in [0.05, 0.1) is 13.0 Å². The van der Waals surface area contributed by atoms with Gasteiger partial charge < -0.3 is 20.3 Å². The monoisotopic (exact) mass is 373 g/mol. The first kappa shape index (κ1) is 19.5. The molecule has 1 aliphatic heterocycles. The smallest absolute Gasteiger partial charge is 0.321 e. The van der Waals surface area contributed by atoms with E-state index in [0.29, 0.717) is 30.4 Å². The van der Waals surface area contributed by atoms with Crippen LogP contribution in [0.4, 0.5) is 10.5 Å². The summed E-state index contributed by atoms with van der Waals surface area (Å²) in [6, 6.07) is 7.42. The maximum atomic E-state index is 12.7. The molecule has 0 aromatic heterocycles. The minimum atomic E-state index is -0.160. The van der Waals surface area contributed by atoms with Gasteiger partial charge in [-0.05, 0) is 43.7 Å². The molecule has 2 N–H and O–H groups in total. The fraction of sp³-hybridized carbons (Fsp3) is 0.619. The molecule has 6 heteroatoms. The lowest BCUT2D eigenvalue weighted by Crippen LogP contribution is -2.50. The first-order valence-corrected chi connectivity index (χ1v) is 10.1. The fourth-order valence-corrected chi connectivity index (χ4v) is 4.11. The predicted octanol–water partition coefficient (Wildman–Crippen LogP) is 3.63. The zero-order chi connectivity index (χ0) is 19.2. The van der Waals surface area contributed by atoms with Gasteiger partial charge >= 0.3 is 6.03 Å². The van der Waals surface area contributed by atoms with Gasteiger partial charge in [-0.1, -0.05) is 25.8 Å². The number of hydrogen-bond donors (Lipinski definition) is 2. The van der Waals surface area contributed by atoms with E-state index in [4.69, 9.17) is 4.74 Å². The fourth-order valence-electron chi connectivity index (χ4n) is 4.11. The average molecular weight is 373 g/mol. The minimum Gasteiger partial charge on any atom is -0.497 e. The predicted molar refractivity (Wildman–Crippen MR) is 106 cm³/mol. The molecule has 0 spiro atoms. The molecule has 0 unspecified atom stereocenters. The normalized spacial score (nSPS) is 25.6. The highest BCUT2D eigenvalue weighted by Crippen LogP contribution is 2.25. The van der Waals surface area contributed by atoms with Gasteiger partial charge in [-0.2, -0.15) is 0 Å². The van der Waals surface area contributed by atoms with Gasteiger partial charge in [-0.25, -0.2) is 4.79 Å². The summed E-state index contributed by atoms with van der Waals surface area (Å²) < 4.78 is 5.19. The number of carbonyl (C=O) groups is 2. The van der Waals surface area contributed by atoms with Crippen molar-refractivity contribution in [2.45, 2.75) is 51.5 Å². The van der Waals surface area contributed by atoms with E-state index in [1.807, 2.05) is 18.2 Å². The molecule has 2 aliphatic rings. The molecule has 27 heavy (non-hydrogen) atoms. The van der Waals surface area contributed by atoms with Crippen molar-refractivity contribution in [3.8, 4) is 5.75 Å². The van der Waals surface area contributed by atoms with Gasteiger partial charge in [-0.3, -0.25) is 4.79 Å². The van der Waals surface area contributed by atoms with E-state index in [1.54, 1.807) is 18.1 Å². The summed E-state index contributed by atoms with van der Waals surface area (Å²) in [5.74, 6) is 1.22. The molecule has 2 fully saturated rings. The Morgan fingerprint density at radius 1 is 1.15 bits per heavy atom. The number of nitrogens with one attached hydrogen (secondary N) is 2. The number of benzene rings is 1. The summed E-state index contributed by atoms with van der Waals surface area (Å²) in [7, 11) is 1.60. The number of likely N-dealkylation sites (tertiary alicyclic amines) is 1. The second kappa shape index (κ2) is 9.11. The van der Waals surface area contributed by atoms with Gasteiger partial charge in [-0.15, -0.1) is 0 Å². The quantitative estimate of drug-likeness (QED) is 0.847. The molecule has 3 rings (SSSR count). The third kappa shape index (κ3) is 5.15. The van der Waals surface area contributed by atoms with Gasteiger partial charge in [0.2, 0.25) is 5.91 Å². The molecule has 3 atom stereocenters. The maximum Gasteiger partial charge on any atom is 0.321 e.